The van der Waals surface area contributed by atoms with E-state index in [0.29, 0.717) is 11.4 Å². The van der Waals surface area contributed by atoms with E-state index in [0.717, 1.165) is 0 Å². The predicted molar refractivity (Wildman–Crippen MR) is 63.2 cm³/mol. The number of amides is 2. The zero-order chi connectivity index (χ0) is 13.7. The molecule has 1 heterocycles. The number of aliphatic hydroxyl groups is 1. The highest BCUT2D eigenvalue weighted by Gasteiger charge is 2.13. The summed E-state index contributed by atoms with van der Waals surface area (Å²) in [6.45, 7) is 1.82. The quantitative estimate of drug-likeness (QED) is 0.576. The number of aromatic nitrogens is 2. The van der Waals surface area contributed by atoms with Gasteiger partial charge >= 0.3 is 12.0 Å². The first-order chi connectivity index (χ1) is 8.40. The molecule has 18 heavy (non-hydrogen) atoms. The molecule has 8 heteroatoms. The SMILES string of the molecule is Cc1nn(C)cc1NC(=O)NCCC(O)C(=O)O. The highest BCUT2D eigenvalue weighted by atomic mass is 16.4. The number of carboxylic acid groups (broad SMARTS) is 1. The van der Waals surface area contributed by atoms with Crippen LogP contribution in [0.25, 0.3) is 0 Å². The first-order valence-electron chi connectivity index (χ1n) is 5.36. The summed E-state index contributed by atoms with van der Waals surface area (Å²) in [7, 11) is 1.74. The molecular formula is C10H16N4O4. The second-order valence-corrected chi connectivity index (χ2v) is 3.83. The molecule has 1 rings (SSSR count). The maximum absolute atomic E-state index is 11.4. The zero-order valence-corrected chi connectivity index (χ0v) is 10.2. The second kappa shape index (κ2) is 6.01. The number of hydrogen-bond donors (Lipinski definition) is 4. The van der Waals surface area contributed by atoms with Gasteiger partial charge in [-0.15, -0.1) is 0 Å². The van der Waals surface area contributed by atoms with Crippen molar-refractivity contribution in [2.24, 2.45) is 7.05 Å². The molecule has 8 nitrogen and oxygen atoms in total. The monoisotopic (exact) mass is 256 g/mol. The summed E-state index contributed by atoms with van der Waals surface area (Å²) in [4.78, 5) is 21.8. The van der Waals surface area contributed by atoms with E-state index in [1.54, 1.807) is 24.9 Å². The molecule has 1 aromatic heterocycles. The molecule has 0 saturated heterocycles. The Morgan fingerprint density at radius 3 is 2.72 bits per heavy atom. The number of aliphatic carboxylic acids is 1. The van der Waals surface area contributed by atoms with Gasteiger partial charge in [0.1, 0.15) is 0 Å². The van der Waals surface area contributed by atoms with E-state index in [2.05, 4.69) is 15.7 Å². The highest BCUT2D eigenvalue weighted by Crippen LogP contribution is 2.10. The fourth-order valence-electron chi connectivity index (χ4n) is 1.33. The molecule has 0 radical (unpaired) electrons. The summed E-state index contributed by atoms with van der Waals surface area (Å²) in [6, 6.07) is -0.469. The van der Waals surface area contributed by atoms with Gasteiger partial charge in [-0.05, 0) is 6.92 Å². The van der Waals surface area contributed by atoms with E-state index in [1.807, 2.05) is 0 Å². The minimum atomic E-state index is -1.47. The molecule has 0 bridgehead atoms. The van der Waals surface area contributed by atoms with Crippen molar-refractivity contribution >= 4 is 17.7 Å². The summed E-state index contributed by atoms with van der Waals surface area (Å²) in [5, 5.41) is 26.5. The summed E-state index contributed by atoms with van der Waals surface area (Å²) < 4.78 is 1.57. The van der Waals surface area contributed by atoms with Crippen molar-refractivity contribution in [2.45, 2.75) is 19.4 Å². The number of nitrogens with one attached hydrogen (secondary N) is 2. The Morgan fingerprint density at radius 2 is 2.22 bits per heavy atom. The van der Waals surface area contributed by atoms with Crippen LogP contribution in [0.2, 0.25) is 0 Å². The topological polar surface area (TPSA) is 116 Å². The van der Waals surface area contributed by atoms with E-state index in [9.17, 15) is 9.59 Å². The number of urea groups is 1. The van der Waals surface area contributed by atoms with Crippen LogP contribution >= 0.6 is 0 Å². The molecule has 100 valence electrons. The number of aryl methyl sites for hydroxylation is 2. The molecule has 1 atom stereocenters. The lowest BCUT2D eigenvalue weighted by molar-refractivity contribution is -0.146. The lowest BCUT2D eigenvalue weighted by Crippen LogP contribution is -2.33. The van der Waals surface area contributed by atoms with Crippen molar-refractivity contribution in [1.82, 2.24) is 15.1 Å². The molecular weight excluding hydrogens is 240 g/mol. The van der Waals surface area contributed by atoms with Gasteiger partial charge in [0.05, 0.1) is 11.4 Å². The average Bonchev–Trinajstić information content (AvgIpc) is 2.57. The molecule has 0 fully saturated rings. The van der Waals surface area contributed by atoms with Crippen LogP contribution in [0.3, 0.4) is 0 Å². The van der Waals surface area contributed by atoms with Crippen molar-refractivity contribution in [1.29, 1.82) is 0 Å². The van der Waals surface area contributed by atoms with Crippen LogP contribution in [0.1, 0.15) is 12.1 Å². The van der Waals surface area contributed by atoms with E-state index >= 15 is 0 Å². The smallest absolute Gasteiger partial charge is 0.332 e. The van der Waals surface area contributed by atoms with Crippen LogP contribution in [-0.2, 0) is 11.8 Å². The van der Waals surface area contributed by atoms with Crippen molar-refractivity contribution in [3.05, 3.63) is 11.9 Å². The number of aliphatic hydroxyl groups excluding tert-OH is 1. The largest absolute Gasteiger partial charge is 0.479 e. The molecule has 1 aromatic rings. The van der Waals surface area contributed by atoms with Gasteiger partial charge in [0, 0.05) is 26.2 Å². The molecule has 4 N–H and O–H groups in total. The van der Waals surface area contributed by atoms with Gasteiger partial charge in [-0.1, -0.05) is 0 Å². The third-order valence-electron chi connectivity index (χ3n) is 2.25. The van der Waals surface area contributed by atoms with Crippen LogP contribution in [-0.4, -0.2) is 44.6 Å². The number of nitrogens with zero attached hydrogens (tertiary/aromatic N) is 2. The standard InChI is InChI=1S/C10H16N4O4/c1-6-7(5-14(2)13-6)12-10(18)11-4-3-8(15)9(16)17/h5,8,15H,3-4H2,1-2H3,(H,16,17)(H2,11,12,18). The van der Waals surface area contributed by atoms with Crippen molar-refractivity contribution in [3.63, 3.8) is 0 Å². The van der Waals surface area contributed by atoms with Gasteiger partial charge in [0.15, 0.2) is 6.10 Å². The van der Waals surface area contributed by atoms with E-state index in [4.69, 9.17) is 10.2 Å². The first kappa shape index (κ1) is 14.0. The third kappa shape index (κ3) is 4.06. The van der Waals surface area contributed by atoms with Gasteiger partial charge in [0.2, 0.25) is 0 Å². The number of carboxylic acids is 1. The fraction of sp³-hybridized carbons (Fsp3) is 0.500. The minimum Gasteiger partial charge on any atom is -0.479 e. The summed E-state index contributed by atoms with van der Waals surface area (Å²) >= 11 is 0. The lowest BCUT2D eigenvalue weighted by atomic mass is 10.2. The minimum absolute atomic E-state index is 0.0469. The highest BCUT2D eigenvalue weighted by molar-refractivity contribution is 5.89. The predicted octanol–water partition coefficient (Wildman–Crippen LogP) is -0.314. The van der Waals surface area contributed by atoms with Gasteiger partial charge < -0.3 is 20.8 Å². The van der Waals surface area contributed by atoms with Gasteiger partial charge in [-0.25, -0.2) is 9.59 Å². The Labute approximate surface area is 104 Å². The van der Waals surface area contributed by atoms with Crippen LogP contribution in [0.5, 0.6) is 0 Å². The normalized spacial score (nSPS) is 11.9. The molecule has 0 aliphatic carbocycles. The van der Waals surface area contributed by atoms with Crippen molar-refractivity contribution in [2.75, 3.05) is 11.9 Å². The van der Waals surface area contributed by atoms with Crippen molar-refractivity contribution < 1.29 is 19.8 Å². The van der Waals surface area contributed by atoms with Gasteiger partial charge in [0.25, 0.3) is 0 Å². The number of carbonyl (C=O) groups is 2. The van der Waals surface area contributed by atoms with Crippen LogP contribution in [0.4, 0.5) is 10.5 Å². The van der Waals surface area contributed by atoms with E-state index < -0.39 is 18.1 Å². The molecule has 0 aliphatic rings. The molecule has 2 amide bonds. The number of anilines is 1. The average molecular weight is 256 g/mol. The Kier molecular flexibility index (Phi) is 4.67. The lowest BCUT2D eigenvalue weighted by Gasteiger charge is -2.08. The Bertz CT molecular complexity index is 443. The fourth-order valence-corrected chi connectivity index (χ4v) is 1.33. The third-order valence-corrected chi connectivity index (χ3v) is 2.25. The van der Waals surface area contributed by atoms with Gasteiger partial charge in [-0.3, -0.25) is 4.68 Å². The Hall–Kier alpha value is -2.09. The number of hydrogen-bond acceptors (Lipinski definition) is 4. The van der Waals surface area contributed by atoms with Crippen LogP contribution < -0.4 is 10.6 Å². The molecule has 0 aliphatic heterocycles. The maximum atomic E-state index is 11.4. The van der Waals surface area contributed by atoms with Crippen molar-refractivity contribution in [3.8, 4) is 0 Å². The Balaban J connectivity index is 2.34. The first-order valence-corrected chi connectivity index (χ1v) is 5.36. The summed E-state index contributed by atoms with van der Waals surface area (Å²) in [5.74, 6) is -1.31. The molecule has 0 aromatic carbocycles. The molecule has 1 unspecified atom stereocenters. The number of carbonyl (C=O) groups excluding carboxylic acids is 1. The molecule has 0 spiro atoms. The maximum Gasteiger partial charge on any atom is 0.332 e. The zero-order valence-electron chi connectivity index (χ0n) is 10.2. The van der Waals surface area contributed by atoms with Crippen LogP contribution in [0, 0.1) is 6.92 Å². The summed E-state index contributed by atoms with van der Waals surface area (Å²) in [6.07, 6.45) is 0.140. The Morgan fingerprint density at radius 1 is 1.56 bits per heavy atom. The second-order valence-electron chi connectivity index (χ2n) is 3.83. The summed E-state index contributed by atoms with van der Waals surface area (Å²) in [5.41, 5.74) is 1.26. The van der Waals surface area contributed by atoms with E-state index in [1.165, 1.54) is 0 Å². The van der Waals surface area contributed by atoms with Crippen LogP contribution in [0.15, 0.2) is 6.20 Å². The van der Waals surface area contributed by atoms with E-state index in [-0.39, 0.29) is 13.0 Å². The van der Waals surface area contributed by atoms with Gasteiger partial charge in [-0.2, -0.15) is 5.10 Å². The molecule has 0 saturated carbocycles. The number of rotatable bonds is 5.